The van der Waals surface area contributed by atoms with Crippen LogP contribution in [0, 0.1) is 18.8 Å². The van der Waals surface area contributed by atoms with E-state index in [4.69, 9.17) is 9.84 Å². The summed E-state index contributed by atoms with van der Waals surface area (Å²) in [7, 11) is 1.48. The van der Waals surface area contributed by atoms with Gasteiger partial charge in [0, 0.05) is 13.1 Å². The Morgan fingerprint density at radius 1 is 1.25 bits per heavy atom. The van der Waals surface area contributed by atoms with E-state index in [-0.39, 0.29) is 5.56 Å². The third kappa shape index (κ3) is 3.41. The number of amides is 1. The highest BCUT2D eigenvalue weighted by Crippen LogP contribution is 2.38. The van der Waals surface area contributed by atoms with Crippen LogP contribution >= 0.6 is 0 Å². The molecule has 28 heavy (non-hydrogen) atoms. The molecule has 1 fully saturated rings. The number of methoxy groups -OCH3 is 1. The molecule has 1 aliphatic rings. The summed E-state index contributed by atoms with van der Waals surface area (Å²) in [4.78, 5) is 24.9. The zero-order valence-electron chi connectivity index (χ0n) is 15.1. The first-order valence-corrected chi connectivity index (χ1v) is 8.42. The van der Waals surface area contributed by atoms with Crippen LogP contribution in [0.25, 0.3) is 5.69 Å². The fourth-order valence-electron chi connectivity index (χ4n) is 3.39. The van der Waals surface area contributed by atoms with Crippen LogP contribution in [-0.4, -0.2) is 58.0 Å². The van der Waals surface area contributed by atoms with Gasteiger partial charge < -0.3 is 14.7 Å². The van der Waals surface area contributed by atoms with Gasteiger partial charge in [-0.1, -0.05) is 12.1 Å². The molecule has 0 spiro atoms. The van der Waals surface area contributed by atoms with E-state index in [9.17, 15) is 22.8 Å². The van der Waals surface area contributed by atoms with Gasteiger partial charge in [0.05, 0.1) is 36.4 Å². The van der Waals surface area contributed by atoms with E-state index >= 15 is 0 Å². The number of aliphatic carboxylic acids is 1. The van der Waals surface area contributed by atoms with E-state index < -0.39 is 43.0 Å². The number of likely N-dealkylation sites (tertiary alicyclic amines) is 1. The molecule has 10 heteroatoms. The Bertz CT molecular complexity index is 910. The van der Waals surface area contributed by atoms with Crippen LogP contribution in [0.5, 0.6) is 5.75 Å². The van der Waals surface area contributed by atoms with Gasteiger partial charge in [-0.25, -0.2) is 4.68 Å². The molecule has 1 N–H and O–H groups in total. The average Bonchev–Trinajstić information content (AvgIpc) is 3.25. The van der Waals surface area contributed by atoms with Crippen molar-refractivity contribution in [1.29, 1.82) is 0 Å². The highest BCUT2D eigenvalue weighted by atomic mass is 19.4. The van der Waals surface area contributed by atoms with Crippen LogP contribution in [-0.2, 0) is 4.79 Å². The predicted octanol–water partition coefficient (Wildman–Crippen LogP) is 2.52. The number of carboxylic acid groups (broad SMARTS) is 1. The molecule has 0 radical (unpaired) electrons. The summed E-state index contributed by atoms with van der Waals surface area (Å²) in [6, 6.07) is 6.96. The molecule has 2 aromatic rings. The number of carbonyl (C=O) groups excluding carboxylic acids is 1. The van der Waals surface area contributed by atoms with Crippen LogP contribution in [0.1, 0.15) is 16.1 Å². The Hall–Kier alpha value is -3.04. The number of carbonyl (C=O) groups is 2. The predicted molar refractivity (Wildman–Crippen MR) is 91.4 cm³/mol. The molecular weight excluding hydrogens is 379 g/mol. The Morgan fingerprint density at radius 2 is 1.93 bits per heavy atom. The van der Waals surface area contributed by atoms with Crippen molar-refractivity contribution >= 4 is 11.9 Å². The molecule has 7 nitrogen and oxygen atoms in total. The smallest absolute Gasteiger partial charge is 0.394 e. The summed E-state index contributed by atoms with van der Waals surface area (Å²) in [6.07, 6.45) is -3.44. The summed E-state index contributed by atoms with van der Waals surface area (Å²) in [5.41, 5.74) is 1.09. The Balaban J connectivity index is 1.90. The number of para-hydroxylation sites is 2. The number of ether oxygens (including phenoxy) is 1. The lowest BCUT2D eigenvalue weighted by atomic mass is 9.96. The Labute approximate surface area is 158 Å². The molecule has 0 bridgehead atoms. The lowest BCUT2D eigenvalue weighted by Crippen LogP contribution is -2.34. The molecule has 0 aliphatic carbocycles. The van der Waals surface area contributed by atoms with Crippen molar-refractivity contribution in [3.8, 4) is 11.4 Å². The topological polar surface area (TPSA) is 84.7 Å². The van der Waals surface area contributed by atoms with Crippen molar-refractivity contribution in [3.63, 3.8) is 0 Å². The van der Waals surface area contributed by atoms with E-state index in [0.29, 0.717) is 17.1 Å². The van der Waals surface area contributed by atoms with Crippen molar-refractivity contribution in [1.82, 2.24) is 14.7 Å². The van der Waals surface area contributed by atoms with E-state index in [1.165, 1.54) is 18.0 Å². The number of benzene rings is 1. The molecule has 1 amide bonds. The van der Waals surface area contributed by atoms with E-state index in [1.807, 2.05) is 0 Å². The molecule has 150 valence electrons. The van der Waals surface area contributed by atoms with Crippen molar-refractivity contribution in [3.05, 3.63) is 41.7 Å². The van der Waals surface area contributed by atoms with Gasteiger partial charge in [-0.15, -0.1) is 0 Å². The first-order valence-electron chi connectivity index (χ1n) is 8.42. The number of hydrogen-bond donors (Lipinski definition) is 1. The molecule has 2 atom stereocenters. The third-order valence-corrected chi connectivity index (χ3v) is 4.90. The van der Waals surface area contributed by atoms with Crippen molar-refractivity contribution in [2.24, 2.45) is 11.8 Å². The van der Waals surface area contributed by atoms with Gasteiger partial charge in [-0.05, 0) is 19.1 Å². The number of hydrogen-bond acceptors (Lipinski definition) is 4. The monoisotopic (exact) mass is 397 g/mol. The second-order valence-electron chi connectivity index (χ2n) is 6.53. The molecule has 1 aromatic carbocycles. The molecule has 0 unspecified atom stereocenters. The standard InChI is InChI=1S/C18H18F3N3O4/c1-10-11(7-22-24(10)14-5-3-4-6-15(14)28-2)16(25)23-8-12(17(26)27)13(9-23)18(19,20)21/h3-7,12-13H,8-9H2,1-2H3,(H,26,27)/t12-,13-/m1/s1. The largest absolute Gasteiger partial charge is 0.494 e. The maximum absolute atomic E-state index is 13.2. The van der Waals surface area contributed by atoms with Crippen LogP contribution in [0.4, 0.5) is 13.2 Å². The molecule has 3 rings (SSSR count). The van der Waals surface area contributed by atoms with Gasteiger partial charge >= 0.3 is 12.1 Å². The van der Waals surface area contributed by atoms with Gasteiger partial charge in [0.2, 0.25) is 0 Å². The minimum Gasteiger partial charge on any atom is -0.494 e. The Kier molecular flexibility index (Phi) is 5.05. The number of nitrogens with zero attached hydrogens (tertiary/aromatic N) is 3. The van der Waals surface area contributed by atoms with Gasteiger partial charge in [0.1, 0.15) is 11.4 Å². The third-order valence-electron chi connectivity index (χ3n) is 4.90. The summed E-state index contributed by atoms with van der Waals surface area (Å²) < 4.78 is 46.2. The minimum atomic E-state index is -4.70. The van der Waals surface area contributed by atoms with Crippen molar-refractivity contribution in [2.45, 2.75) is 13.1 Å². The maximum atomic E-state index is 13.2. The second-order valence-corrected chi connectivity index (χ2v) is 6.53. The van der Waals surface area contributed by atoms with Gasteiger partial charge in [-0.3, -0.25) is 9.59 Å². The van der Waals surface area contributed by atoms with Gasteiger partial charge in [-0.2, -0.15) is 18.3 Å². The van der Waals surface area contributed by atoms with Crippen LogP contribution in [0.2, 0.25) is 0 Å². The fourth-order valence-corrected chi connectivity index (χ4v) is 3.39. The molecular formula is C18H18F3N3O4. The lowest BCUT2D eigenvalue weighted by molar-refractivity contribution is -0.187. The summed E-state index contributed by atoms with van der Waals surface area (Å²) in [5, 5.41) is 13.3. The molecule has 2 heterocycles. The maximum Gasteiger partial charge on any atom is 0.394 e. The van der Waals surface area contributed by atoms with E-state index in [0.717, 1.165) is 4.90 Å². The SMILES string of the molecule is COc1ccccc1-n1ncc(C(=O)N2C[C@@H](C(F)(F)F)[C@H](C(=O)O)C2)c1C. The number of alkyl halides is 3. The van der Waals surface area contributed by atoms with Crippen molar-refractivity contribution in [2.75, 3.05) is 20.2 Å². The molecule has 1 aromatic heterocycles. The van der Waals surface area contributed by atoms with Crippen molar-refractivity contribution < 1.29 is 32.6 Å². The fraction of sp³-hybridized carbons (Fsp3) is 0.389. The van der Waals surface area contributed by atoms with Gasteiger partial charge in [0.15, 0.2) is 0 Å². The second kappa shape index (κ2) is 7.17. The highest BCUT2D eigenvalue weighted by Gasteiger charge is 2.53. The minimum absolute atomic E-state index is 0.109. The number of carboxylic acids is 1. The van der Waals surface area contributed by atoms with E-state index in [2.05, 4.69) is 5.10 Å². The lowest BCUT2D eigenvalue weighted by Gasteiger charge is -2.18. The summed E-state index contributed by atoms with van der Waals surface area (Å²) in [6.45, 7) is 0.412. The van der Waals surface area contributed by atoms with Crippen LogP contribution in [0.3, 0.4) is 0 Å². The highest BCUT2D eigenvalue weighted by molar-refractivity contribution is 5.96. The summed E-state index contributed by atoms with van der Waals surface area (Å²) >= 11 is 0. The first-order chi connectivity index (χ1) is 13.1. The van der Waals surface area contributed by atoms with Gasteiger partial charge in [0.25, 0.3) is 5.91 Å². The Morgan fingerprint density at radius 3 is 2.50 bits per heavy atom. The van der Waals surface area contributed by atoms with E-state index in [1.54, 1.807) is 31.2 Å². The summed E-state index contributed by atoms with van der Waals surface area (Å²) in [5.74, 6) is -5.53. The zero-order chi connectivity index (χ0) is 20.6. The number of aromatic nitrogens is 2. The number of rotatable bonds is 4. The molecule has 0 saturated carbocycles. The first kappa shape index (κ1) is 19.7. The number of halogens is 3. The average molecular weight is 397 g/mol. The van der Waals surface area contributed by atoms with Crippen LogP contribution < -0.4 is 4.74 Å². The quantitative estimate of drug-likeness (QED) is 0.857. The zero-order valence-corrected chi connectivity index (χ0v) is 15.1. The molecule has 1 aliphatic heterocycles. The van der Waals surface area contributed by atoms with Crippen LogP contribution in [0.15, 0.2) is 30.5 Å². The molecule has 1 saturated heterocycles. The normalized spacial score (nSPS) is 19.7.